The van der Waals surface area contributed by atoms with Crippen molar-refractivity contribution in [1.29, 1.82) is 0 Å². The first-order chi connectivity index (χ1) is 8.04. The van der Waals surface area contributed by atoms with Crippen molar-refractivity contribution in [1.82, 2.24) is 0 Å². The fourth-order valence-corrected chi connectivity index (χ4v) is 1.42. The Hall–Kier alpha value is -0.160. The summed E-state index contributed by atoms with van der Waals surface area (Å²) in [6, 6.07) is 0. The summed E-state index contributed by atoms with van der Waals surface area (Å²) >= 11 is 0. The molecule has 0 aromatic heterocycles. The quantitative estimate of drug-likeness (QED) is 0.434. The molecule has 0 saturated heterocycles. The third-order valence-corrected chi connectivity index (χ3v) is 2.71. The number of hydrogen-bond donors (Lipinski definition) is 2. The molecule has 0 aliphatic rings. The Bertz CT molecular complexity index is 171. The van der Waals surface area contributed by atoms with Crippen LogP contribution in [0, 0.1) is 0 Å². The van der Waals surface area contributed by atoms with Gasteiger partial charge in [0.2, 0.25) is 0 Å². The van der Waals surface area contributed by atoms with Gasteiger partial charge in [0, 0.05) is 6.61 Å². The number of unbranched alkanes of at least 4 members (excludes halogenated alkanes) is 2. The van der Waals surface area contributed by atoms with Crippen LogP contribution in [-0.4, -0.2) is 41.9 Å². The van der Waals surface area contributed by atoms with E-state index in [0.717, 1.165) is 32.3 Å². The van der Waals surface area contributed by atoms with Crippen LogP contribution in [0.5, 0.6) is 0 Å². The highest BCUT2D eigenvalue weighted by molar-refractivity contribution is 4.71. The predicted octanol–water partition coefficient (Wildman–Crippen LogP) is 2.08. The molecule has 17 heavy (non-hydrogen) atoms. The van der Waals surface area contributed by atoms with Crippen molar-refractivity contribution in [2.24, 2.45) is 0 Å². The first kappa shape index (κ1) is 16.8. The molecule has 0 amide bonds. The molecule has 2 atom stereocenters. The lowest BCUT2D eigenvalue weighted by molar-refractivity contribution is -0.249. The molecule has 2 N–H and O–H groups in total. The van der Waals surface area contributed by atoms with Gasteiger partial charge in [-0.3, -0.25) is 0 Å². The molecule has 0 rings (SSSR count). The van der Waals surface area contributed by atoms with Crippen molar-refractivity contribution in [3.8, 4) is 0 Å². The molecule has 0 saturated carbocycles. The second-order valence-electron chi connectivity index (χ2n) is 4.53. The lowest BCUT2D eigenvalue weighted by Gasteiger charge is -2.29. The molecule has 0 radical (unpaired) electrons. The minimum Gasteiger partial charge on any atom is -0.388 e. The third-order valence-electron chi connectivity index (χ3n) is 2.71. The topological polar surface area (TPSA) is 58.9 Å². The zero-order valence-corrected chi connectivity index (χ0v) is 11.4. The summed E-state index contributed by atoms with van der Waals surface area (Å²) in [5, 5.41) is 19.6. The summed E-state index contributed by atoms with van der Waals surface area (Å²) in [6.45, 7) is 7.13. The van der Waals surface area contributed by atoms with Crippen LogP contribution in [0.2, 0.25) is 0 Å². The molecule has 4 heteroatoms. The molecule has 0 bridgehead atoms. The third kappa shape index (κ3) is 8.55. The molecule has 0 heterocycles. The minimum atomic E-state index is -1.47. The SMILES string of the molecule is CCCCOCCOC(C)(O)C(O)CCCC. The van der Waals surface area contributed by atoms with E-state index in [-0.39, 0.29) is 0 Å². The summed E-state index contributed by atoms with van der Waals surface area (Å²) in [5.41, 5.74) is 0. The van der Waals surface area contributed by atoms with E-state index in [1.165, 1.54) is 6.92 Å². The normalized spacial score (nSPS) is 16.8. The number of aliphatic hydroxyl groups is 2. The molecule has 0 spiro atoms. The number of hydrogen-bond acceptors (Lipinski definition) is 4. The van der Waals surface area contributed by atoms with Gasteiger partial charge in [0.05, 0.1) is 13.2 Å². The molecular formula is C13H28O4. The van der Waals surface area contributed by atoms with Gasteiger partial charge in [-0.05, 0) is 19.8 Å². The number of aliphatic hydroxyl groups excluding tert-OH is 1. The molecule has 104 valence electrons. The molecule has 4 nitrogen and oxygen atoms in total. The van der Waals surface area contributed by atoms with Crippen molar-refractivity contribution in [3.05, 3.63) is 0 Å². The van der Waals surface area contributed by atoms with E-state index < -0.39 is 11.9 Å². The van der Waals surface area contributed by atoms with E-state index >= 15 is 0 Å². The summed E-state index contributed by atoms with van der Waals surface area (Å²) in [7, 11) is 0. The highest BCUT2D eigenvalue weighted by Gasteiger charge is 2.30. The van der Waals surface area contributed by atoms with Crippen molar-refractivity contribution >= 4 is 0 Å². The summed E-state index contributed by atoms with van der Waals surface area (Å²) in [6.07, 6.45) is 3.74. The zero-order chi connectivity index (χ0) is 13.1. The fraction of sp³-hybridized carbons (Fsp3) is 1.00. The van der Waals surface area contributed by atoms with E-state index in [4.69, 9.17) is 9.47 Å². The first-order valence-corrected chi connectivity index (χ1v) is 6.66. The molecule has 0 aliphatic heterocycles. The van der Waals surface area contributed by atoms with E-state index in [9.17, 15) is 10.2 Å². The van der Waals surface area contributed by atoms with Crippen LogP contribution in [-0.2, 0) is 9.47 Å². The van der Waals surface area contributed by atoms with Crippen LogP contribution in [0.1, 0.15) is 52.9 Å². The second kappa shape index (κ2) is 9.83. The summed E-state index contributed by atoms with van der Waals surface area (Å²) in [5.74, 6) is -1.47. The van der Waals surface area contributed by atoms with Crippen LogP contribution in [0.4, 0.5) is 0 Å². The zero-order valence-electron chi connectivity index (χ0n) is 11.4. The van der Waals surface area contributed by atoms with E-state index in [1.807, 2.05) is 6.92 Å². The van der Waals surface area contributed by atoms with Crippen LogP contribution in [0.15, 0.2) is 0 Å². The molecule has 0 aromatic carbocycles. The maximum absolute atomic E-state index is 9.88. The van der Waals surface area contributed by atoms with Crippen LogP contribution < -0.4 is 0 Å². The number of ether oxygens (including phenoxy) is 2. The molecule has 2 unspecified atom stereocenters. The fourth-order valence-electron chi connectivity index (χ4n) is 1.42. The average Bonchev–Trinajstić information content (AvgIpc) is 2.30. The Labute approximate surface area is 105 Å². The van der Waals surface area contributed by atoms with Gasteiger partial charge in [-0.2, -0.15) is 0 Å². The van der Waals surface area contributed by atoms with Crippen molar-refractivity contribution in [2.75, 3.05) is 19.8 Å². The highest BCUT2D eigenvalue weighted by atomic mass is 16.6. The number of rotatable bonds is 11. The van der Waals surface area contributed by atoms with Gasteiger partial charge in [0.15, 0.2) is 5.79 Å². The van der Waals surface area contributed by atoms with Crippen LogP contribution in [0.3, 0.4) is 0 Å². The van der Waals surface area contributed by atoms with Crippen LogP contribution in [0.25, 0.3) is 0 Å². The van der Waals surface area contributed by atoms with Gasteiger partial charge in [-0.15, -0.1) is 0 Å². The monoisotopic (exact) mass is 248 g/mol. The Morgan fingerprint density at radius 2 is 1.71 bits per heavy atom. The van der Waals surface area contributed by atoms with Gasteiger partial charge >= 0.3 is 0 Å². The minimum absolute atomic E-state index is 0.305. The molecule has 0 fully saturated rings. The predicted molar refractivity (Wildman–Crippen MR) is 67.8 cm³/mol. The van der Waals surface area contributed by atoms with Crippen molar-refractivity contribution in [3.63, 3.8) is 0 Å². The Kier molecular flexibility index (Phi) is 9.74. The molecule has 0 aliphatic carbocycles. The first-order valence-electron chi connectivity index (χ1n) is 6.66. The van der Waals surface area contributed by atoms with E-state index in [0.29, 0.717) is 19.6 Å². The average molecular weight is 248 g/mol. The van der Waals surface area contributed by atoms with Crippen LogP contribution >= 0.6 is 0 Å². The van der Waals surface area contributed by atoms with Crippen molar-refractivity contribution in [2.45, 2.75) is 64.8 Å². The molecule has 0 aromatic rings. The largest absolute Gasteiger partial charge is 0.388 e. The van der Waals surface area contributed by atoms with Gasteiger partial charge in [0.25, 0.3) is 0 Å². The smallest absolute Gasteiger partial charge is 0.189 e. The van der Waals surface area contributed by atoms with E-state index in [1.54, 1.807) is 0 Å². The Morgan fingerprint density at radius 1 is 1.06 bits per heavy atom. The van der Waals surface area contributed by atoms with Gasteiger partial charge in [-0.25, -0.2) is 0 Å². The summed E-state index contributed by atoms with van der Waals surface area (Å²) < 4.78 is 10.6. The van der Waals surface area contributed by atoms with E-state index in [2.05, 4.69) is 6.92 Å². The standard InChI is InChI=1S/C13H28O4/c1-4-6-8-12(14)13(3,15)17-11-10-16-9-7-5-2/h12,14-15H,4-11H2,1-3H3. The lowest BCUT2D eigenvalue weighted by atomic mass is 10.1. The Morgan fingerprint density at radius 3 is 2.29 bits per heavy atom. The van der Waals surface area contributed by atoms with Gasteiger partial charge in [-0.1, -0.05) is 33.1 Å². The maximum Gasteiger partial charge on any atom is 0.189 e. The maximum atomic E-state index is 9.88. The van der Waals surface area contributed by atoms with Crippen molar-refractivity contribution < 1.29 is 19.7 Å². The molecular weight excluding hydrogens is 220 g/mol. The lowest BCUT2D eigenvalue weighted by Crippen LogP contribution is -2.42. The Balaban J connectivity index is 3.61. The summed E-state index contributed by atoms with van der Waals surface area (Å²) in [4.78, 5) is 0. The van der Waals surface area contributed by atoms with Gasteiger partial charge < -0.3 is 19.7 Å². The highest BCUT2D eigenvalue weighted by Crippen LogP contribution is 2.16. The second-order valence-corrected chi connectivity index (χ2v) is 4.53. The van der Waals surface area contributed by atoms with Gasteiger partial charge in [0.1, 0.15) is 6.10 Å².